The summed E-state index contributed by atoms with van der Waals surface area (Å²) >= 11 is 1.50. The number of aromatic nitrogens is 3. The highest BCUT2D eigenvalue weighted by molar-refractivity contribution is 7.99. The van der Waals surface area contributed by atoms with Gasteiger partial charge in [0.15, 0.2) is 11.0 Å². The van der Waals surface area contributed by atoms with Gasteiger partial charge in [0.2, 0.25) is 10.0 Å². The normalized spacial score (nSPS) is 11.9. The van der Waals surface area contributed by atoms with Crippen LogP contribution in [0.2, 0.25) is 0 Å². The summed E-state index contributed by atoms with van der Waals surface area (Å²) in [5.41, 5.74) is 1.31. The van der Waals surface area contributed by atoms with Crippen LogP contribution in [0.4, 0.5) is 4.39 Å². The molecule has 27 heavy (non-hydrogen) atoms. The highest BCUT2D eigenvalue weighted by Gasteiger charge is 2.20. The van der Waals surface area contributed by atoms with Crippen LogP contribution in [-0.4, -0.2) is 47.3 Å². The number of rotatable bonds is 6. The third-order valence-corrected chi connectivity index (χ3v) is 6.48. The average Bonchev–Trinajstić information content (AvgIpc) is 3.06. The monoisotopic (exact) mass is 406 g/mol. The molecule has 0 saturated carbocycles. The van der Waals surface area contributed by atoms with E-state index in [1.165, 1.54) is 38.0 Å². The minimum Gasteiger partial charge on any atom is -0.270 e. The second-order valence-electron chi connectivity index (χ2n) is 5.87. The van der Waals surface area contributed by atoms with Crippen molar-refractivity contribution in [3.63, 3.8) is 0 Å². The van der Waals surface area contributed by atoms with Crippen LogP contribution in [0.25, 0.3) is 17.1 Å². The summed E-state index contributed by atoms with van der Waals surface area (Å²) < 4.78 is 41.2. The molecule has 2 aromatic carbocycles. The molecule has 0 amide bonds. The fraction of sp³-hybridized carbons (Fsp3) is 0.222. The Balaban J connectivity index is 2.17. The van der Waals surface area contributed by atoms with E-state index in [1.807, 2.05) is 6.92 Å². The van der Waals surface area contributed by atoms with Gasteiger partial charge in [-0.25, -0.2) is 17.1 Å². The van der Waals surface area contributed by atoms with E-state index in [4.69, 9.17) is 0 Å². The zero-order chi connectivity index (χ0) is 19.6. The smallest absolute Gasteiger partial charge is 0.242 e. The van der Waals surface area contributed by atoms with E-state index in [1.54, 1.807) is 41.0 Å². The van der Waals surface area contributed by atoms with Gasteiger partial charge in [-0.15, -0.1) is 10.2 Å². The fourth-order valence-electron chi connectivity index (χ4n) is 2.51. The molecular weight excluding hydrogens is 387 g/mol. The summed E-state index contributed by atoms with van der Waals surface area (Å²) in [7, 11) is -0.603. The molecule has 0 bridgehead atoms. The van der Waals surface area contributed by atoms with Gasteiger partial charge in [0.25, 0.3) is 0 Å². The third kappa shape index (κ3) is 3.90. The highest BCUT2D eigenvalue weighted by Crippen LogP contribution is 2.29. The third-order valence-electron chi connectivity index (χ3n) is 3.86. The number of halogens is 1. The van der Waals surface area contributed by atoms with E-state index < -0.39 is 10.0 Å². The number of benzene rings is 2. The molecule has 0 atom stereocenters. The van der Waals surface area contributed by atoms with Gasteiger partial charge in [0.05, 0.1) is 4.90 Å². The van der Waals surface area contributed by atoms with Crippen LogP contribution in [0, 0.1) is 5.82 Å². The van der Waals surface area contributed by atoms with Gasteiger partial charge in [-0.3, -0.25) is 4.57 Å². The Morgan fingerprint density at radius 2 is 1.81 bits per heavy atom. The van der Waals surface area contributed by atoms with Crippen molar-refractivity contribution < 1.29 is 12.8 Å². The zero-order valence-corrected chi connectivity index (χ0v) is 16.8. The number of hydrogen-bond acceptors (Lipinski definition) is 5. The van der Waals surface area contributed by atoms with E-state index in [0.29, 0.717) is 22.2 Å². The molecule has 0 N–H and O–H groups in total. The Bertz CT molecular complexity index is 1050. The molecule has 1 aromatic heterocycles. The Hall–Kier alpha value is -2.23. The Labute approximate surface area is 162 Å². The number of nitrogens with zero attached hydrogens (tertiary/aromatic N) is 4. The molecule has 0 saturated heterocycles. The van der Waals surface area contributed by atoms with E-state index in [2.05, 4.69) is 10.2 Å². The van der Waals surface area contributed by atoms with Crippen molar-refractivity contribution in [3.05, 3.63) is 54.3 Å². The molecule has 0 unspecified atom stereocenters. The van der Waals surface area contributed by atoms with Crippen molar-refractivity contribution in [3.8, 4) is 17.1 Å². The first-order chi connectivity index (χ1) is 12.8. The summed E-state index contributed by atoms with van der Waals surface area (Å²) in [6.45, 7) is 2.00. The van der Waals surface area contributed by atoms with E-state index in [9.17, 15) is 12.8 Å². The lowest BCUT2D eigenvalue weighted by Crippen LogP contribution is -2.22. The van der Waals surface area contributed by atoms with Crippen molar-refractivity contribution in [2.24, 2.45) is 0 Å². The summed E-state index contributed by atoms with van der Waals surface area (Å²) in [5, 5.41) is 9.14. The van der Waals surface area contributed by atoms with E-state index >= 15 is 0 Å². The van der Waals surface area contributed by atoms with Crippen molar-refractivity contribution in [2.75, 3.05) is 19.8 Å². The maximum absolute atomic E-state index is 13.3. The quantitative estimate of drug-likeness (QED) is 0.587. The van der Waals surface area contributed by atoms with Crippen molar-refractivity contribution in [1.82, 2.24) is 19.1 Å². The van der Waals surface area contributed by atoms with E-state index in [-0.39, 0.29) is 10.7 Å². The van der Waals surface area contributed by atoms with Crippen LogP contribution in [0.3, 0.4) is 0 Å². The topological polar surface area (TPSA) is 68.1 Å². The molecule has 0 aliphatic rings. The van der Waals surface area contributed by atoms with Crippen LogP contribution in [0.15, 0.2) is 58.6 Å². The molecule has 0 aliphatic carbocycles. The van der Waals surface area contributed by atoms with Crippen LogP contribution in [0.5, 0.6) is 0 Å². The maximum Gasteiger partial charge on any atom is 0.242 e. The molecule has 9 heteroatoms. The molecular formula is C18H19FN4O2S2. The van der Waals surface area contributed by atoms with Gasteiger partial charge in [-0.2, -0.15) is 0 Å². The average molecular weight is 407 g/mol. The van der Waals surface area contributed by atoms with Gasteiger partial charge < -0.3 is 0 Å². The predicted octanol–water partition coefficient (Wildman–Crippen LogP) is 3.44. The van der Waals surface area contributed by atoms with Gasteiger partial charge in [0.1, 0.15) is 5.82 Å². The number of sulfonamides is 1. The second-order valence-corrected chi connectivity index (χ2v) is 9.25. The molecule has 0 radical (unpaired) electrons. The first kappa shape index (κ1) is 19.5. The summed E-state index contributed by atoms with van der Waals surface area (Å²) in [6, 6.07) is 12.6. The molecule has 6 nitrogen and oxygen atoms in total. The van der Waals surface area contributed by atoms with Crippen LogP contribution in [0.1, 0.15) is 6.92 Å². The summed E-state index contributed by atoms with van der Waals surface area (Å²) in [4.78, 5) is 0.170. The standard InChI is InChI=1S/C18H19FN4O2S2/c1-4-26-18-21-20-17(23(18)15-10-8-14(19)9-11-15)13-6-5-7-16(12-13)27(24,25)22(2)3/h5-12H,4H2,1-3H3. The maximum atomic E-state index is 13.3. The van der Waals surface area contributed by atoms with Crippen LogP contribution < -0.4 is 0 Å². The Morgan fingerprint density at radius 1 is 1.11 bits per heavy atom. The SMILES string of the molecule is CCSc1nnc(-c2cccc(S(=O)(=O)N(C)C)c2)n1-c1ccc(F)cc1. The number of thioether (sulfide) groups is 1. The van der Waals surface area contributed by atoms with Crippen molar-refractivity contribution in [2.45, 2.75) is 17.0 Å². The molecule has 1 heterocycles. The molecule has 3 aromatic rings. The predicted molar refractivity (Wildman–Crippen MR) is 104 cm³/mol. The first-order valence-corrected chi connectivity index (χ1v) is 10.6. The highest BCUT2D eigenvalue weighted by atomic mass is 32.2. The Kier molecular flexibility index (Phi) is 5.64. The summed E-state index contributed by atoms with van der Waals surface area (Å²) in [5.74, 6) is 0.944. The number of hydrogen-bond donors (Lipinski definition) is 0. The molecule has 142 valence electrons. The lowest BCUT2D eigenvalue weighted by molar-refractivity contribution is 0.521. The molecule has 0 fully saturated rings. The molecule has 0 spiro atoms. The Morgan fingerprint density at radius 3 is 2.44 bits per heavy atom. The van der Waals surface area contributed by atoms with E-state index in [0.717, 1.165) is 10.1 Å². The second kappa shape index (κ2) is 7.79. The largest absolute Gasteiger partial charge is 0.270 e. The minimum atomic E-state index is -3.57. The minimum absolute atomic E-state index is 0.170. The molecule has 3 rings (SSSR count). The fourth-order valence-corrected chi connectivity index (χ4v) is 4.13. The zero-order valence-electron chi connectivity index (χ0n) is 15.1. The van der Waals surface area contributed by atoms with Crippen molar-refractivity contribution >= 4 is 21.8 Å². The van der Waals surface area contributed by atoms with Gasteiger partial charge in [-0.05, 0) is 42.2 Å². The molecule has 0 aliphatic heterocycles. The van der Waals surface area contributed by atoms with Crippen molar-refractivity contribution in [1.29, 1.82) is 0 Å². The first-order valence-electron chi connectivity index (χ1n) is 8.21. The van der Waals surface area contributed by atoms with Gasteiger partial charge >= 0.3 is 0 Å². The van der Waals surface area contributed by atoms with Crippen LogP contribution >= 0.6 is 11.8 Å². The summed E-state index contributed by atoms with van der Waals surface area (Å²) in [6.07, 6.45) is 0. The van der Waals surface area contributed by atoms with Gasteiger partial charge in [0, 0.05) is 25.3 Å². The van der Waals surface area contributed by atoms with Gasteiger partial charge in [-0.1, -0.05) is 30.8 Å². The van der Waals surface area contributed by atoms with Crippen LogP contribution in [-0.2, 0) is 10.0 Å². The lowest BCUT2D eigenvalue weighted by Gasteiger charge is -2.13. The lowest BCUT2D eigenvalue weighted by atomic mass is 10.2.